The monoisotopic (exact) mass is 339 g/mol. The minimum absolute atomic E-state index is 0.0563. The molecule has 9 nitrogen and oxygen atoms in total. The van der Waals surface area contributed by atoms with E-state index in [-0.39, 0.29) is 5.71 Å². The second-order valence-corrected chi connectivity index (χ2v) is 4.92. The number of hydrogen-bond donors (Lipinski definition) is 0. The lowest BCUT2D eigenvalue weighted by molar-refractivity contribution is 0.0962. The zero-order chi connectivity index (χ0) is 17.8. The molecule has 0 aliphatic rings. The van der Waals surface area contributed by atoms with Crippen molar-refractivity contribution >= 4 is 11.6 Å². The molecular formula is C16H13N5O4. The molecule has 2 aromatic heterocycles. The third-order valence-corrected chi connectivity index (χ3v) is 3.24. The lowest BCUT2D eigenvalue weighted by Gasteiger charge is -2.06. The maximum Gasteiger partial charge on any atom is 0.304 e. The summed E-state index contributed by atoms with van der Waals surface area (Å²) in [5, 5.41) is 11.3. The molecule has 0 saturated carbocycles. The van der Waals surface area contributed by atoms with Crippen LogP contribution in [0.2, 0.25) is 0 Å². The van der Waals surface area contributed by atoms with Gasteiger partial charge < -0.3 is 9.36 Å². The van der Waals surface area contributed by atoms with E-state index in [0.29, 0.717) is 27.5 Å². The highest BCUT2D eigenvalue weighted by atomic mass is 16.6. The molecule has 0 spiro atoms. The summed E-state index contributed by atoms with van der Waals surface area (Å²) in [4.78, 5) is 33.2. The first-order valence-corrected chi connectivity index (χ1v) is 7.21. The molecule has 3 rings (SSSR count). The molecule has 0 unspecified atom stereocenters. The molecule has 0 bridgehead atoms. The number of aromatic nitrogens is 4. The molecule has 0 amide bonds. The lowest BCUT2D eigenvalue weighted by atomic mass is 10.1. The number of aryl methyl sites for hydroxylation is 1. The predicted molar refractivity (Wildman–Crippen MR) is 87.1 cm³/mol. The first-order valence-electron chi connectivity index (χ1n) is 7.21. The van der Waals surface area contributed by atoms with Crippen molar-refractivity contribution in [1.29, 1.82) is 0 Å². The number of oxime groups is 1. The second-order valence-electron chi connectivity index (χ2n) is 4.92. The van der Waals surface area contributed by atoms with Gasteiger partial charge in [-0.2, -0.15) is 14.8 Å². The molecule has 126 valence electrons. The summed E-state index contributed by atoms with van der Waals surface area (Å²) >= 11 is 0. The van der Waals surface area contributed by atoms with Gasteiger partial charge in [0.05, 0.1) is 0 Å². The van der Waals surface area contributed by atoms with Gasteiger partial charge >= 0.3 is 5.91 Å². The molecule has 0 radical (unpaired) electrons. The van der Waals surface area contributed by atoms with Crippen molar-refractivity contribution in [3.8, 4) is 11.4 Å². The van der Waals surface area contributed by atoms with Gasteiger partial charge in [0.1, 0.15) is 7.11 Å². The van der Waals surface area contributed by atoms with Crippen molar-refractivity contribution in [3.05, 3.63) is 64.4 Å². The number of hydrogen-bond acceptors (Lipinski definition) is 8. The summed E-state index contributed by atoms with van der Waals surface area (Å²) in [7, 11) is 1.31. The van der Waals surface area contributed by atoms with E-state index < -0.39 is 11.5 Å². The normalized spacial score (nSPS) is 11.4. The first kappa shape index (κ1) is 16.2. The predicted octanol–water partition coefficient (Wildman–Crippen LogP) is 1.29. The fraction of sp³-hybridized carbons (Fsp3) is 0.125. The number of benzene rings is 1. The molecular weight excluding hydrogens is 326 g/mol. The van der Waals surface area contributed by atoms with Gasteiger partial charge in [-0.3, -0.25) is 9.59 Å². The second kappa shape index (κ2) is 6.87. The standard InChI is InChI=1S/C16H13N5O4/c1-10-18-15(20-25-10)12-7-5-11(6-8-12)14(19-24-2)16(23)21-13(22)4-3-9-17-21/h3-9H,1-2H3. The van der Waals surface area contributed by atoms with E-state index in [0.717, 1.165) is 0 Å². The van der Waals surface area contributed by atoms with Gasteiger partial charge in [0, 0.05) is 30.3 Å². The van der Waals surface area contributed by atoms with Crippen LogP contribution in [0, 0.1) is 6.92 Å². The minimum atomic E-state index is -0.699. The van der Waals surface area contributed by atoms with Crippen LogP contribution < -0.4 is 5.56 Å². The van der Waals surface area contributed by atoms with Crippen LogP contribution in [0.25, 0.3) is 11.4 Å². The molecule has 0 N–H and O–H groups in total. The molecule has 0 atom stereocenters. The van der Waals surface area contributed by atoms with Gasteiger partial charge in [-0.25, -0.2) is 0 Å². The summed E-state index contributed by atoms with van der Waals surface area (Å²) in [6.45, 7) is 1.69. The Balaban J connectivity index is 1.96. The van der Waals surface area contributed by atoms with Crippen LogP contribution in [0.15, 0.2) is 57.1 Å². The molecule has 0 aliphatic heterocycles. The van der Waals surface area contributed by atoms with Gasteiger partial charge in [-0.15, -0.1) is 0 Å². The largest absolute Gasteiger partial charge is 0.398 e. The average Bonchev–Trinajstić information content (AvgIpc) is 3.06. The molecule has 3 aromatic rings. The maximum atomic E-state index is 12.6. The van der Waals surface area contributed by atoms with Crippen LogP contribution in [0.3, 0.4) is 0 Å². The molecule has 25 heavy (non-hydrogen) atoms. The Labute approximate surface area is 141 Å². The fourth-order valence-electron chi connectivity index (χ4n) is 2.11. The smallest absolute Gasteiger partial charge is 0.304 e. The van der Waals surface area contributed by atoms with E-state index in [1.54, 1.807) is 31.2 Å². The van der Waals surface area contributed by atoms with Gasteiger partial charge in [0.25, 0.3) is 5.56 Å². The van der Waals surface area contributed by atoms with Gasteiger partial charge in [0.2, 0.25) is 11.7 Å². The Bertz CT molecular complexity index is 988. The van der Waals surface area contributed by atoms with Crippen molar-refractivity contribution in [3.63, 3.8) is 0 Å². The first-order chi connectivity index (χ1) is 12.1. The van der Waals surface area contributed by atoms with Crippen LogP contribution in [-0.2, 0) is 4.84 Å². The SMILES string of the molecule is CON=C(C(=O)n1ncccc1=O)c1ccc(-c2noc(C)n2)cc1. The summed E-state index contributed by atoms with van der Waals surface area (Å²) in [6.07, 6.45) is 1.34. The van der Waals surface area contributed by atoms with Gasteiger partial charge in [-0.1, -0.05) is 34.6 Å². The molecule has 0 saturated heterocycles. The van der Waals surface area contributed by atoms with Crippen molar-refractivity contribution in [2.75, 3.05) is 7.11 Å². The van der Waals surface area contributed by atoms with E-state index in [1.807, 2.05) is 0 Å². The summed E-state index contributed by atoms with van der Waals surface area (Å²) < 4.78 is 5.66. The Morgan fingerprint density at radius 3 is 2.60 bits per heavy atom. The average molecular weight is 339 g/mol. The molecule has 9 heteroatoms. The number of rotatable bonds is 4. The number of carbonyl (C=O) groups is 1. The minimum Gasteiger partial charge on any atom is -0.398 e. The van der Waals surface area contributed by atoms with Crippen LogP contribution in [0.4, 0.5) is 0 Å². The highest BCUT2D eigenvalue weighted by molar-refractivity contribution is 6.45. The summed E-state index contributed by atoms with van der Waals surface area (Å²) in [5.41, 5.74) is 0.544. The maximum absolute atomic E-state index is 12.6. The molecule has 2 heterocycles. The van der Waals surface area contributed by atoms with Crippen molar-refractivity contribution in [2.45, 2.75) is 6.92 Å². The van der Waals surface area contributed by atoms with Crippen LogP contribution in [-0.4, -0.2) is 38.6 Å². The Hall–Kier alpha value is -3.62. The lowest BCUT2D eigenvalue weighted by Crippen LogP contribution is -2.34. The highest BCUT2D eigenvalue weighted by Gasteiger charge is 2.19. The van der Waals surface area contributed by atoms with E-state index in [4.69, 9.17) is 9.36 Å². The van der Waals surface area contributed by atoms with Crippen molar-refractivity contribution in [1.82, 2.24) is 19.9 Å². The van der Waals surface area contributed by atoms with Crippen molar-refractivity contribution in [2.24, 2.45) is 5.16 Å². The fourth-order valence-corrected chi connectivity index (χ4v) is 2.11. The van der Waals surface area contributed by atoms with E-state index in [1.165, 1.54) is 25.4 Å². The number of carbonyl (C=O) groups excluding carboxylic acids is 1. The van der Waals surface area contributed by atoms with E-state index in [2.05, 4.69) is 20.4 Å². The van der Waals surface area contributed by atoms with Crippen LogP contribution in [0.5, 0.6) is 0 Å². The molecule has 0 aliphatic carbocycles. The van der Waals surface area contributed by atoms with Gasteiger partial charge in [-0.05, 0) is 6.07 Å². The Morgan fingerprint density at radius 1 is 1.24 bits per heavy atom. The quantitative estimate of drug-likeness (QED) is 0.520. The Morgan fingerprint density at radius 2 is 2.00 bits per heavy atom. The summed E-state index contributed by atoms with van der Waals surface area (Å²) in [5.74, 6) is 0.183. The molecule has 0 fully saturated rings. The van der Waals surface area contributed by atoms with Crippen molar-refractivity contribution < 1.29 is 14.2 Å². The van der Waals surface area contributed by atoms with Crippen LogP contribution in [0.1, 0.15) is 16.2 Å². The van der Waals surface area contributed by atoms with E-state index >= 15 is 0 Å². The summed E-state index contributed by atoms with van der Waals surface area (Å²) in [6, 6.07) is 9.38. The third kappa shape index (κ3) is 3.34. The van der Waals surface area contributed by atoms with E-state index in [9.17, 15) is 9.59 Å². The number of nitrogens with zero attached hydrogens (tertiary/aromatic N) is 5. The highest BCUT2D eigenvalue weighted by Crippen LogP contribution is 2.17. The third-order valence-electron chi connectivity index (χ3n) is 3.24. The van der Waals surface area contributed by atoms with Gasteiger partial charge in [0.15, 0.2) is 5.71 Å². The zero-order valence-electron chi connectivity index (χ0n) is 13.4. The topological polar surface area (TPSA) is 112 Å². The zero-order valence-corrected chi connectivity index (χ0v) is 13.4. The molecule has 1 aromatic carbocycles. The van der Waals surface area contributed by atoms with Crippen LogP contribution >= 0.6 is 0 Å². The Kier molecular flexibility index (Phi) is 4.46.